The van der Waals surface area contributed by atoms with Gasteiger partial charge >= 0.3 is 0 Å². The zero-order valence-corrected chi connectivity index (χ0v) is 9.29. The number of ether oxygens (including phenoxy) is 1. The smallest absolute Gasteiger partial charge is 0.143 e. The van der Waals surface area contributed by atoms with Gasteiger partial charge in [0.25, 0.3) is 0 Å². The van der Waals surface area contributed by atoms with E-state index in [1.807, 2.05) is 18.2 Å². The minimum absolute atomic E-state index is 0.499. The summed E-state index contributed by atoms with van der Waals surface area (Å²) in [7, 11) is 1.64. The molecule has 3 nitrogen and oxygen atoms in total. The third-order valence-corrected chi connectivity index (χ3v) is 3.00. The van der Waals surface area contributed by atoms with Crippen LogP contribution in [0.5, 0.6) is 5.75 Å². The van der Waals surface area contributed by atoms with Gasteiger partial charge in [0.15, 0.2) is 0 Å². The molecule has 3 N–H and O–H groups in total. The SMILES string of the molecule is COc1cccc(NC(C)C2CC2)c1N. The van der Waals surface area contributed by atoms with Crippen LogP contribution in [0.25, 0.3) is 0 Å². The highest BCUT2D eigenvalue weighted by molar-refractivity contribution is 5.73. The number of rotatable bonds is 4. The van der Waals surface area contributed by atoms with Gasteiger partial charge in [-0.1, -0.05) is 6.07 Å². The van der Waals surface area contributed by atoms with E-state index in [0.29, 0.717) is 11.7 Å². The van der Waals surface area contributed by atoms with E-state index in [9.17, 15) is 0 Å². The van der Waals surface area contributed by atoms with Gasteiger partial charge in [0.1, 0.15) is 5.75 Å². The Kier molecular flexibility index (Phi) is 2.71. The van der Waals surface area contributed by atoms with E-state index < -0.39 is 0 Å². The summed E-state index contributed by atoms with van der Waals surface area (Å²) in [6, 6.07) is 6.33. The van der Waals surface area contributed by atoms with Crippen molar-refractivity contribution in [2.45, 2.75) is 25.8 Å². The van der Waals surface area contributed by atoms with Crippen LogP contribution in [0.4, 0.5) is 11.4 Å². The predicted molar refractivity (Wildman–Crippen MR) is 63.2 cm³/mol. The number of nitrogens with one attached hydrogen (secondary N) is 1. The lowest BCUT2D eigenvalue weighted by Gasteiger charge is -2.17. The topological polar surface area (TPSA) is 47.3 Å². The van der Waals surface area contributed by atoms with Crippen molar-refractivity contribution in [3.63, 3.8) is 0 Å². The van der Waals surface area contributed by atoms with Crippen LogP contribution in [0, 0.1) is 5.92 Å². The highest BCUT2D eigenvalue weighted by Crippen LogP contribution is 2.36. The maximum atomic E-state index is 5.98. The van der Waals surface area contributed by atoms with Crippen LogP contribution in [0.3, 0.4) is 0 Å². The summed E-state index contributed by atoms with van der Waals surface area (Å²) in [6.07, 6.45) is 2.66. The monoisotopic (exact) mass is 206 g/mol. The van der Waals surface area contributed by atoms with Crippen molar-refractivity contribution in [2.24, 2.45) is 5.92 Å². The van der Waals surface area contributed by atoms with Crippen molar-refractivity contribution in [1.29, 1.82) is 0 Å². The number of hydrogen-bond donors (Lipinski definition) is 2. The van der Waals surface area contributed by atoms with E-state index in [0.717, 1.165) is 17.4 Å². The van der Waals surface area contributed by atoms with Crippen molar-refractivity contribution in [1.82, 2.24) is 0 Å². The molecule has 1 atom stereocenters. The summed E-state index contributed by atoms with van der Waals surface area (Å²) in [5, 5.41) is 3.44. The van der Waals surface area contributed by atoms with Gasteiger partial charge in [-0.3, -0.25) is 0 Å². The van der Waals surface area contributed by atoms with Gasteiger partial charge in [-0.2, -0.15) is 0 Å². The molecule has 1 unspecified atom stereocenters. The Morgan fingerprint density at radius 2 is 2.20 bits per heavy atom. The lowest BCUT2D eigenvalue weighted by Crippen LogP contribution is -2.18. The maximum absolute atomic E-state index is 5.98. The fourth-order valence-corrected chi connectivity index (χ4v) is 1.81. The van der Waals surface area contributed by atoms with Crippen molar-refractivity contribution in [2.75, 3.05) is 18.2 Å². The van der Waals surface area contributed by atoms with Crippen LogP contribution in [-0.2, 0) is 0 Å². The molecule has 0 aliphatic heterocycles. The molecule has 1 fully saturated rings. The first-order valence-electron chi connectivity index (χ1n) is 5.41. The number of nitrogens with two attached hydrogens (primary N) is 1. The molecule has 1 aliphatic rings. The summed E-state index contributed by atoms with van der Waals surface area (Å²) in [4.78, 5) is 0. The average molecular weight is 206 g/mol. The van der Waals surface area contributed by atoms with Crippen LogP contribution in [-0.4, -0.2) is 13.2 Å². The zero-order chi connectivity index (χ0) is 10.8. The molecule has 15 heavy (non-hydrogen) atoms. The van der Waals surface area contributed by atoms with Crippen molar-refractivity contribution in [3.8, 4) is 5.75 Å². The Bertz CT molecular complexity index is 347. The lowest BCUT2D eigenvalue weighted by molar-refractivity contribution is 0.417. The Hall–Kier alpha value is -1.38. The second kappa shape index (κ2) is 4.01. The fourth-order valence-electron chi connectivity index (χ4n) is 1.81. The highest BCUT2D eigenvalue weighted by Gasteiger charge is 2.28. The first-order valence-corrected chi connectivity index (χ1v) is 5.41. The molecule has 0 saturated heterocycles. The Morgan fingerprint density at radius 3 is 2.80 bits per heavy atom. The molecule has 0 bridgehead atoms. The van der Waals surface area contributed by atoms with Gasteiger partial charge in [0.05, 0.1) is 18.5 Å². The summed E-state index contributed by atoms with van der Waals surface area (Å²) in [5.41, 5.74) is 7.66. The van der Waals surface area contributed by atoms with E-state index >= 15 is 0 Å². The first-order chi connectivity index (χ1) is 7.22. The van der Waals surface area contributed by atoms with Gasteiger partial charge in [0, 0.05) is 6.04 Å². The Morgan fingerprint density at radius 1 is 1.47 bits per heavy atom. The third kappa shape index (κ3) is 2.17. The molecule has 0 heterocycles. The number of benzene rings is 1. The molecule has 0 aromatic heterocycles. The molecule has 1 aromatic carbocycles. The maximum Gasteiger partial charge on any atom is 0.143 e. The van der Waals surface area contributed by atoms with E-state index in [1.165, 1.54) is 12.8 Å². The standard InChI is InChI=1S/C12H18N2O/c1-8(9-6-7-9)14-10-4-3-5-11(15-2)12(10)13/h3-5,8-9,14H,6-7,13H2,1-2H3. The average Bonchev–Trinajstić information content (AvgIpc) is 3.04. The molecule has 82 valence electrons. The second-order valence-electron chi connectivity index (χ2n) is 4.19. The molecule has 1 aliphatic carbocycles. The fraction of sp³-hybridized carbons (Fsp3) is 0.500. The zero-order valence-electron chi connectivity index (χ0n) is 9.29. The van der Waals surface area contributed by atoms with Gasteiger partial charge in [-0.05, 0) is 37.8 Å². The highest BCUT2D eigenvalue weighted by atomic mass is 16.5. The predicted octanol–water partition coefficient (Wildman–Crippen LogP) is 2.49. The molecule has 0 radical (unpaired) electrons. The van der Waals surface area contributed by atoms with Crippen molar-refractivity contribution in [3.05, 3.63) is 18.2 Å². The number of anilines is 2. The normalized spacial score (nSPS) is 17.2. The number of nitrogen functional groups attached to an aromatic ring is 1. The van der Waals surface area contributed by atoms with Gasteiger partial charge < -0.3 is 15.8 Å². The van der Waals surface area contributed by atoms with Gasteiger partial charge in [-0.25, -0.2) is 0 Å². The molecule has 3 heteroatoms. The Balaban J connectivity index is 2.12. The number of hydrogen-bond acceptors (Lipinski definition) is 3. The molecular formula is C12H18N2O. The number of para-hydroxylation sites is 1. The largest absolute Gasteiger partial charge is 0.495 e. The van der Waals surface area contributed by atoms with Crippen LogP contribution >= 0.6 is 0 Å². The van der Waals surface area contributed by atoms with Crippen molar-refractivity contribution < 1.29 is 4.74 Å². The van der Waals surface area contributed by atoms with Crippen LogP contribution in [0.1, 0.15) is 19.8 Å². The van der Waals surface area contributed by atoms with E-state index in [2.05, 4.69) is 12.2 Å². The molecule has 2 rings (SSSR count). The summed E-state index contributed by atoms with van der Waals surface area (Å²) in [5.74, 6) is 1.55. The molecular weight excluding hydrogens is 188 g/mol. The summed E-state index contributed by atoms with van der Waals surface area (Å²) in [6.45, 7) is 2.20. The first kappa shape index (κ1) is 10.1. The van der Waals surface area contributed by atoms with Crippen molar-refractivity contribution >= 4 is 11.4 Å². The number of methoxy groups -OCH3 is 1. The summed E-state index contributed by atoms with van der Waals surface area (Å²) >= 11 is 0. The van der Waals surface area contributed by atoms with E-state index in [1.54, 1.807) is 7.11 Å². The van der Waals surface area contributed by atoms with Gasteiger partial charge in [0.2, 0.25) is 0 Å². The summed E-state index contributed by atoms with van der Waals surface area (Å²) < 4.78 is 5.18. The molecule has 1 saturated carbocycles. The quantitative estimate of drug-likeness (QED) is 0.744. The minimum atomic E-state index is 0.499. The molecule has 0 spiro atoms. The second-order valence-corrected chi connectivity index (χ2v) is 4.19. The molecule has 0 amide bonds. The lowest BCUT2D eigenvalue weighted by atomic mass is 10.2. The van der Waals surface area contributed by atoms with Crippen LogP contribution in [0.2, 0.25) is 0 Å². The van der Waals surface area contributed by atoms with Gasteiger partial charge in [-0.15, -0.1) is 0 Å². The van der Waals surface area contributed by atoms with E-state index in [4.69, 9.17) is 10.5 Å². The third-order valence-electron chi connectivity index (χ3n) is 3.00. The Labute approximate surface area is 90.6 Å². The van der Waals surface area contributed by atoms with E-state index in [-0.39, 0.29) is 0 Å². The van der Waals surface area contributed by atoms with Crippen LogP contribution in [0.15, 0.2) is 18.2 Å². The minimum Gasteiger partial charge on any atom is -0.495 e. The molecule has 1 aromatic rings. The van der Waals surface area contributed by atoms with Crippen LogP contribution < -0.4 is 15.8 Å².